The van der Waals surface area contributed by atoms with E-state index in [4.69, 9.17) is 0 Å². The van der Waals surface area contributed by atoms with Crippen LogP contribution in [-0.4, -0.2) is 0 Å². The molecule has 1 atom stereocenters. The summed E-state index contributed by atoms with van der Waals surface area (Å²) in [5.41, 5.74) is 2.58. The van der Waals surface area contributed by atoms with Gasteiger partial charge in [0.2, 0.25) is 0 Å². The predicted molar refractivity (Wildman–Crippen MR) is 67.4 cm³/mol. The van der Waals surface area contributed by atoms with Gasteiger partial charge in [0.15, 0.2) is 17.5 Å². The molecule has 1 nitrogen and oxygen atoms in total. The molecular formula is C15H12F3N. The van der Waals surface area contributed by atoms with Gasteiger partial charge in [0.1, 0.15) is 0 Å². The van der Waals surface area contributed by atoms with E-state index in [0.717, 1.165) is 30.7 Å². The van der Waals surface area contributed by atoms with Crippen LogP contribution in [0.4, 0.5) is 18.9 Å². The molecule has 1 aliphatic rings. The molecule has 1 heterocycles. The molecule has 4 heteroatoms. The summed E-state index contributed by atoms with van der Waals surface area (Å²) in [7, 11) is 0. The number of hydrogen-bond acceptors (Lipinski definition) is 1. The molecule has 0 saturated carbocycles. The van der Waals surface area contributed by atoms with E-state index in [9.17, 15) is 13.2 Å². The van der Waals surface area contributed by atoms with E-state index in [1.54, 1.807) is 0 Å². The molecule has 19 heavy (non-hydrogen) atoms. The Morgan fingerprint density at radius 2 is 1.68 bits per heavy atom. The standard InChI is InChI=1S/C15H12F3N/c16-11-7-10(8-12(17)15(11)18)14-6-5-9-3-1-2-4-13(9)19-14/h1-4,7-8,14,19H,5-6H2. The molecule has 0 aromatic heterocycles. The van der Waals surface area contributed by atoms with Crippen molar-refractivity contribution >= 4 is 5.69 Å². The maximum atomic E-state index is 13.2. The van der Waals surface area contributed by atoms with Crippen LogP contribution in [0.2, 0.25) is 0 Å². The van der Waals surface area contributed by atoms with Crippen molar-refractivity contribution in [3.05, 3.63) is 65.0 Å². The summed E-state index contributed by atoms with van der Waals surface area (Å²) < 4.78 is 39.4. The zero-order valence-corrected chi connectivity index (χ0v) is 10.1. The third kappa shape index (κ3) is 2.18. The van der Waals surface area contributed by atoms with Gasteiger partial charge in [-0.15, -0.1) is 0 Å². The van der Waals surface area contributed by atoms with Crippen LogP contribution < -0.4 is 5.32 Å². The minimum absolute atomic E-state index is 0.195. The third-order valence-corrected chi connectivity index (χ3v) is 3.46. The zero-order chi connectivity index (χ0) is 13.4. The van der Waals surface area contributed by atoms with Crippen LogP contribution in [-0.2, 0) is 6.42 Å². The molecule has 1 N–H and O–H groups in total. The Kier molecular flexibility index (Phi) is 2.93. The first-order chi connectivity index (χ1) is 9.15. The highest BCUT2D eigenvalue weighted by atomic mass is 19.2. The number of hydrogen-bond donors (Lipinski definition) is 1. The van der Waals surface area contributed by atoms with Gasteiger partial charge < -0.3 is 5.32 Å². The number of rotatable bonds is 1. The molecule has 0 fully saturated rings. The second-order valence-corrected chi connectivity index (χ2v) is 4.69. The topological polar surface area (TPSA) is 12.0 Å². The van der Waals surface area contributed by atoms with Gasteiger partial charge >= 0.3 is 0 Å². The fourth-order valence-corrected chi connectivity index (χ4v) is 2.47. The van der Waals surface area contributed by atoms with Crippen LogP contribution in [0.3, 0.4) is 0 Å². The molecule has 3 rings (SSSR count). The number of nitrogens with one attached hydrogen (secondary N) is 1. The average Bonchev–Trinajstić information content (AvgIpc) is 2.43. The molecule has 2 aromatic carbocycles. The second-order valence-electron chi connectivity index (χ2n) is 4.69. The zero-order valence-electron chi connectivity index (χ0n) is 10.1. The predicted octanol–water partition coefficient (Wildman–Crippen LogP) is 4.20. The summed E-state index contributed by atoms with van der Waals surface area (Å²) >= 11 is 0. The molecule has 1 aliphatic heterocycles. The van der Waals surface area contributed by atoms with Crippen molar-refractivity contribution in [1.82, 2.24) is 0 Å². The van der Waals surface area contributed by atoms with E-state index >= 15 is 0 Å². The van der Waals surface area contributed by atoms with Crippen molar-refractivity contribution in [2.75, 3.05) is 5.32 Å². The van der Waals surface area contributed by atoms with E-state index in [-0.39, 0.29) is 6.04 Å². The first kappa shape index (κ1) is 12.1. The van der Waals surface area contributed by atoms with E-state index in [2.05, 4.69) is 5.32 Å². The van der Waals surface area contributed by atoms with Gasteiger partial charge in [-0.05, 0) is 42.2 Å². The van der Waals surface area contributed by atoms with Gasteiger partial charge in [-0.25, -0.2) is 13.2 Å². The summed E-state index contributed by atoms with van der Waals surface area (Å²) in [5.74, 6) is -3.70. The Morgan fingerprint density at radius 3 is 2.42 bits per heavy atom. The highest BCUT2D eigenvalue weighted by molar-refractivity contribution is 5.54. The summed E-state index contributed by atoms with van der Waals surface area (Å²) in [6.45, 7) is 0. The van der Waals surface area contributed by atoms with E-state index in [0.29, 0.717) is 5.56 Å². The lowest BCUT2D eigenvalue weighted by molar-refractivity contribution is 0.443. The molecule has 2 aromatic rings. The molecule has 0 bridgehead atoms. The number of aryl methyl sites for hydroxylation is 1. The first-order valence-electron chi connectivity index (χ1n) is 6.14. The van der Waals surface area contributed by atoms with E-state index in [1.165, 1.54) is 5.56 Å². The largest absolute Gasteiger partial charge is 0.378 e. The van der Waals surface area contributed by atoms with Gasteiger partial charge in [0.25, 0.3) is 0 Å². The minimum Gasteiger partial charge on any atom is -0.378 e. The summed E-state index contributed by atoms with van der Waals surface area (Å²) in [6.07, 6.45) is 1.55. The van der Waals surface area contributed by atoms with Crippen LogP contribution >= 0.6 is 0 Å². The lowest BCUT2D eigenvalue weighted by atomic mass is 9.93. The lowest BCUT2D eigenvalue weighted by Gasteiger charge is -2.27. The molecular weight excluding hydrogens is 251 g/mol. The van der Waals surface area contributed by atoms with Gasteiger partial charge in [-0.2, -0.15) is 0 Å². The monoisotopic (exact) mass is 263 g/mol. The fourth-order valence-electron chi connectivity index (χ4n) is 2.47. The Balaban J connectivity index is 1.93. The highest BCUT2D eigenvalue weighted by Gasteiger charge is 2.21. The van der Waals surface area contributed by atoms with Gasteiger partial charge in [0.05, 0.1) is 6.04 Å². The maximum absolute atomic E-state index is 13.2. The van der Waals surface area contributed by atoms with Crippen LogP contribution in [0.15, 0.2) is 36.4 Å². The van der Waals surface area contributed by atoms with Crippen molar-refractivity contribution in [3.63, 3.8) is 0 Å². The van der Waals surface area contributed by atoms with Crippen molar-refractivity contribution in [2.24, 2.45) is 0 Å². The summed E-state index contributed by atoms with van der Waals surface area (Å²) in [5, 5.41) is 3.23. The number of para-hydroxylation sites is 1. The van der Waals surface area contributed by atoms with Crippen molar-refractivity contribution in [1.29, 1.82) is 0 Å². The smallest absolute Gasteiger partial charge is 0.194 e. The molecule has 0 saturated heterocycles. The Morgan fingerprint density at radius 1 is 1.00 bits per heavy atom. The second kappa shape index (κ2) is 4.61. The molecule has 98 valence electrons. The Hall–Kier alpha value is -1.97. The van der Waals surface area contributed by atoms with Crippen LogP contribution in [0.1, 0.15) is 23.6 Å². The van der Waals surface area contributed by atoms with Gasteiger partial charge in [-0.3, -0.25) is 0 Å². The number of anilines is 1. The van der Waals surface area contributed by atoms with Crippen molar-refractivity contribution < 1.29 is 13.2 Å². The number of fused-ring (bicyclic) bond motifs is 1. The molecule has 0 amide bonds. The SMILES string of the molecule is Fc1cc(C2CCc3ccccc3N2)cc(F)c1F. The lowest BCUT2D eigenvalue weighted by Crippen LogP contribution is -2.18. The molecule has 0 radical (unpaired) electrons. The highest BCUT2D eigenvalue weighted by Crippen LogP contribution is 2.33. The summed E-state index contributed by atoms with van der Waals surface area (Å²) in [4.78, 5) is 0. The maximum Gasteiger partial charge on any atom is 0.194 e. The average molecular weight is 263 g/mol. The van der Waals surface area contributed by atoms with Crippen molar-refractivity contribution in [2.45, 2.75) is 18.9 Å². The Labute approximate surface area is 109 Å². The van der Waals surface area contributed by atoms with Crippen LogP contribution in [0.5, 0.6) is 0 Å². The molecule has 0 spiro atoms. The fraction of sp³-hybridized carbons (Fsp3) is 0.200. The van der Waals surface area contributed by atoms with Gasteiger partial charge in [0, 0.05) is 5.69 Å². The summed E-state index contributed by atoms with van der Waals surface area (Å²) in [6, 6.07) is 9.73. The number of benzene rings is 2. The van der Waals surface area contributed by atoms with E-state index < -0.39 is 17.5 Å². The number of halogens is 3. The van der Waals surface area contributed by atoms with Gasteiger partial charge in [-0.1, -0.05) is 18.2 Å². The van der Waals surface area contributed by atoms with Crippen molar-refractivity contribution in [3.8, 4) is 0 Å². The third-order valence-electron chi connectivity index (χ3n) is 3.46. The van der Waals surface area contributed by atoms with E-state index in [1.807, 2.05) is 24.3 Å². The molecule has 1 unspecified atom stereocenters. The minimum atomic E-state index is -1.42. The Bertz CT molecular complexity index is 602. The van der Waals surface area contributed by atoms with Crippen LogP contribution in [0, 0.1) is 17.5 Å². The normalized spacial score (nSPS) is 17.7. The first-order valence-corrected chi connectivity index (χ1v) is 6.14. The quantitative estimate of drug-likeness (QED) is 0.760. The van der Waals surface area contributed by atoms with Crippen LogP contribution in [0.25, 0.3) is 0 Å². The molecule has 0 aliphatic carbocycles.